The molecule has 2 nitrogen and oxygen atoms in total. The van der Waals surface area contributed by atoms with E-state index in [-0.39, 0.29) is 5.41 Å². The summed E-state index contributed by atoms with van der Waals surface area (Å²) in [6.45, 7) is 5.17. The van der Waals surface area contributed by atoms with Crippen molar-refractivity contribution >= 4 is 5.69 Å². The van der Waals surface area contributed by atoms with Gasteiger partial charge in [-0.2, -0.15) is 0 Å². The van der Waals surface area contributed by atoms with Crippen molar-refractivity contribution in [3.8, 4) is 16.9 Å². The number of hydrogen-bond acceptors (Lipinski definition) is 2. The zero-order valence-electron chi connectivity index (χ0n) is 10.7. The van der Waals surface area contributed by atoms with Crippen LogP contribution in [-0.4, -0.2) is 6.61 Å². The molecule has 1 aliphatic heterocycles. The molecular formula is C16H17NO. The zero-order chi connectivity index (χ0) is 12.8. The minimum Gasteiger partial charge on any atom is -0.492 e. The summed E-state index contributed by atoms with van der Waals surface area (Å²) in [6.07, 6.45) is 0. The summed E-state index contributed by atoms with van der Waals surface area (Å²) in [5, 5.41) is 0. The maximum atomic E-state index is 5.84. The second kappa shape index (κ2) is 3.77. The van der Waals surface area contributed by atoms with Gasteiger partial charge in [-0.25, -0.2) is 0 Å². The number of ether oxygens (including phenoxy) is 1. The first-order valence-corrected chi connectivity index (χ1v) is 6.19. The highest BCUT2D eigenvalue weighted by Gasteiger charge is 2.31. The van der Waals surface area contributed by atoms with Gasteiger partial charge in [0.05, 0.1) is 6.61 Å². The van der Waals surface area contributed by atoms with Crippen LogP contribution in [-0.2, 0) is 5.41 Å². The molecule has 0 aliphatic carbocycles. The smallest absolute Gasteiger partial charge is 0.123 e. The largest absolute Gasteiger partial charge is 0.492 e. The first kappa shape index (κ1) is 11.1. The van der Waals surface area contributed by atoms with Crippen LogP contribution in [0.5, 0.6) is 5.75 Å². The van der Waals surface area contributed by atoms with Gasteiger partial charge in [-0.05, 0) is 35.4 Å². The van der Waals surface area contributed by atoms with Gasteiger partial charge in [-0.1, -0.05) is 32.0 Å². The van der Waals surface area contributed by atoms with Crippen molar-refractivity contribution in [2.45, 2.75) is 19.3 Å². The summed E-state index contributed by atoms with van der Waals surface area (Å²) in [5.41, 5.74) is 10.3. The van der Waals surface area contributed by atoms with Crippen LogP contribution in [0.2, 0.25) is 0 Å². The molecule has 1 aliphatic rings. The molecule has 2 heteroatoms. The molecule has 0 aromatic heterocycles. The maximum Gasteiger partial charge on any atom is 0.123 e. The van der Waals surface area contributed by atoms with E-state index in [2.05, 4.69) is 38.1 Å². The van der Waals surface area contributed by atoms with Crippen molar-refractivity contribution in [2.75, 3.05) is 12.3 Å². The van der Waals surface area contributed by atoms with E-state index in [1.807, 2.05) is 18.2 Å². The molecule has 18 heavy (non-hydrogen) atoms. The Morgan fingerprint density at radius 2 is 1.83 bits per heavy atom. The van der Waals surface area contributed by atoms with Crippen LogP contribution < -0.4 is 10.5 Å². The van der Waals surface area contributed by atoms with Gasteiger partial charge in [0.2, 0.25) is 0 Å². The van der Waals surface area contributed by atoms with E-state index < -0.39 is 0 Å². The summed E-state index contributed by atoms with van der Waals surface area (Å²) in [4.78, 5) is 0. The molecule has 0 atom stereocenters. The lowest BCUT2D eigenvalue weighted by atomic mass is 9.85. The molecule has 0 spiro atoms. The van der Waals surface area contributed by atoms with Crippen LogP contribution in [0, 0.1) is 0 Å². The van der Waals surface area contributed by atoms with Gasteiger partial charge in [-0.3, -0.25) is 0 Å². The van der Waals surface area contributed by atoms with Gasteiger partial charge in [0.25, 0.3) is 0 Å². The minimum atomic E-state index is 0.0890. The van der Waals surface area contributed by atoms with Crippen molar-refractivity contribution in [1.29, 1.82) is 0 Å². The average Bonchev–Trinajstić information content (AvgIpc) is 2.65. The molecule has 0 saturated heterocycles. The zero-order valence-corrected chi connectivity index (χ0v) is 10.7. The van der Waals surface area contributed by atoms with Crippen LogP contribution in [0.15, 0.2) is 42.5 Å². The predicted octanol–water partition coefficient (Wildman–Crippen LogP) is 3.61. The Hall–Kier alpha value is -1.96. The molecule has 0 radical (unpaired) electrons. The standard InChI is InChI=1S/C16H17NO/c1-16(2)10-18-15-7-6-12(9-14(15)16)11-4-3-5-13(17)8-11/h3-9H,10,17H2,1-2H3. The van der Waals surface area contributed by atoms with E-state index in [0.29, 0.717) is 0 Å². The number of fused-ring (bicyclic) bond motifs is 1. The van der Waals surface area contributed by atoms with Gasteiger partial charge >= 0.3 is 0 Å². The van der Waals surface area contributed by atoms with Crippen LogP contribution in [0.4, 0.5) is 5.69 Å². The first-order valence-electron chi connectivity index (χ1n) is 6.19. The number of anilines is 1. The summed E-state index contributed by atoms with van der Waals surface area (Å²) in [7, 11) is 0. The number of nitrogen functional groups attached to an aromatic ring is 1. The fourth-order valence-electron chi connectivity index (χ4n) is 2.42. The highest BCUT2D eigenvalue weighted by Crippen LogP contribution is 2.40. The Kier molecular flexibility index (Phi) is 2.34. The van der Waals surface area contributed by atoms with E-state index in [4.69, 9.17) is 10.5 Å². The third-order valence-electron chi connectivity index (χ3n) is 3.52. The second-order valence-corrected chi connectivity index (χ2v) is 5.51. The SMILES string of the molecule is CC1(C)COc2ccc(-c3cccc(N)c3)cc21. The molecule has 0 fully saturated rings. The average molecular weight is 239 g/mol. The van der Waals surface area contributed by atoms with Gasteiger partial charge in [0.1, 0.15) is 5.75 Å². The van der Waals surface area contributed by atoms with Crippen molar-refractivity contribution in [2.24, 2.45) is 0 Å². The van der Waals surface area contributed by atoms with Gasteiger partial charge < -0.3 is 10.5 Å². The molecule has 2 aromatic rings. The Morgan fingerprint density at radius 1 is 1.06 bits per heavy atom. The van der Waals surface area contributed by atoms with Gasteiger partial charge in [0.15, 0.2) is 0 Å². The monoisotopic (exact) mass is 239 g/mol. The summed E-state index contributed by atoms with van der Waals surface area (Å²) < 4.78 is 5.70. The van der Waals surface area contributed by atoms with E-state index >= 15 is 0 Å². The molecule has 1 heterocycles. The fraction of sp³-hybridized carbons (Fsp3) is 0.250. The van der Waals surface area contributed by atoms with Crippen molar-refractivity contribution in [1.82, 2.24) is 0 Å². The second-order valence-electron chi connectivity index (χ2n) is 5.51. The topological polar surface area (TPSA) is 35.2 Å². The first-order chi connectivity index (χ1) is 8.56. The summed E-state index contributed by atoms with van der Waals surface area (Å²) >= 11 is 0. The van der Waals surface area contributed by atoms with Crippen LogP contribution in [0.1, 0.15) is 19.4 Å². The predicted molar refractivity (Wildman–Crippen MR) is 74.8 cm³/mol. The third kappa shape index (κ3) is 1.74. The Morgan fingerprint density at radius 3 is 2.61 bits per heavy atom. The number of hydrogen-bond donors (Lipinski definition) is 1. The number of benzene rings is 2. The number of nitrogens with two attached hydrogens (primary N) is 1. The molecule has 2 N–H and O–H groups in total. The molecule has 0 unspecified atom stereocenters. The molecule has 0 saturated carbocycles. The molecule has 3 rings (SSSR count). The van der Waals surface area contributed by atoms with E-state index in [1.54, 1.807) is 0 Å². The maximum absolute atomic E-state index is 5.84. The lowest BCUT2D eigenvalue weighted by molar-refractivity contribution is 0.291. The quantitative estimate of drug-likeness (QED) is 0.772. The van der Waals surface area contributed by atoms with E-state index in [9.17, 15) is 0 Å². The van der Waals surface area contributed by atoms with E-state index in [0.717, 1.165) is 23.6 Å². The lowest BCUT2D eigenvalue weighted by Gasteiger charge is -2.16. The van der Waals surface area contributed by atoms with Crippen LogP contribution >= 0.6 is 0 Å². The normalized spacial score (nSPS) is 16.1. The molecule has 0 amide bonds. The van der Waals surface area contributed by atoms with Crippen LogP contribution in [0.25, 0.3) is 11.1 Å². The van der Waals surface area contributed by atoms with Crippen molar-refractivity contribution < 1.29 is 4.74 Å². The summed E-state index contributed by atoms with van der Waals surface area (Å²) in [6, 6.07) is 14.4. The Balaban J connectivity index is 2.11. The lowest BCUT2D eigenvalue weighted by Crippen LogP contribution is -2.18. The molecular weight excluding hydrogens is 222 g/mol. The highest BCUT2D eigenvalue weighted by atomic mass is 16.5. The Labute approximate surface area is 107 Å². The van der Waals surface area contributed by atoms with Crippen molar-refractivity contribution in [3.05, 3.63) is 48.0 Å². The van der Waals surface area contributed by atoms with Gasteiger partial charge in [0, 0.05) is 16.7 Å². The number of rotatable bonds is 1. The Bertz CT molecular complexity index is 602. The molecule has 92 valence electrons. The fourth-order valence-corrected chi connectivity index (χ4v) is 2.42. The molecule has 2 aromatic carbocycles. The van der Waals surface area contributed by atoms with Crippen LogP contribution in [0.3, 0.4) is 0 Å². The highest BCUT2D eigenvalue weighted by molar-refractivity contribution is 5.69. The third-order valence-corrected chi connectivity index (χ3v) is 3.52. The van der Waals surface area contributed by atoms with Crippen molar-refractivity contribution in [3.63, 3.8) is 0 Å². The van der Waals surface area contributed by atoms with E-state index in [1.165, 1.54) is 11.1 Å². The van der Waals surface area contributed by atoms with Gasteiger partial charge in [-0.15, -0.1) is 0 Å². The molecule has 0 bridgehead atoms. The minimum absolute atomic E-state index is 0.0890. The summed E-state index contributed by atoms with van der Waals surface area (Å²) in [5.74, 6) is 1.01.